The van der Waals surface area contributed by atoms with Gasteiger partial charge in [-0.15, -0.1) is 0 Å². The molecule has 1 N–H and O–H groups in total. The molecule has 1 saturated carbocycles. The van der Waals surface area contributed by atoms with Gasteiger partial charge in [-0.3, -0.25) is 9.48 Å². The molecule has 0 bridgehead atoms. The SMILES string of the molecule is CC(C(=O)Nc1ccc(-c2ccccc2)cc1)n1nc(C(F)(F)F)c(Cl)c1C1CC1. The summed E-state index contributed by atoms with van der Waals surface area (Å²) in [6.45, 7) is 1.52. The lowest BCUT2D eigenvalue weighted by atomic mass is 10.1. The van der Waals surface area contributed by atoms with Crippen LogP contribution in [-0.4, -0.2) is 15.7 Å². The highest BCUT2D eigenvalue weighted by Crippen LogP contribution is 2.47. The molecule has 156 valence electrons. The number of amides is 1. The third kappa shape index (κ3) is 4.07. The predicted octanol–water partition coefficient (Wildman–Crippen LogP) is 6.30. The first-order valence-corrected chi connectivity index (χ1v) is 9.95. The number of hydrogen-bond donors (Lipinski definition) is 1. The van der Waals surface area contributed by atoms with Crippen LogP contribution < -0.4 is 5.32 Å². The van der Waals surface area contributed by atoms with Crippen LogP contribution in [0.4, 0.5) is 18.9 Å². The van der Waals surface area contributed by atoms with E-state index in [0.29, 0.717) is 5.69 Å². The zero-order valence-electron chi connectivity index (χ0n) is 16.1. The topological polar surface area (TPSA) is 46.9 Å². The van der Waals surface area contributed by atoms with Crippen molar-refractivity contribution in [1.29, 1.82) is 0 Å². The Labute approximate surface area is 176 Å². The largest absolute Gasteiger partial charge is 0.436 e. The summed E-state index contributed by atoms with van der Waals surface area (Å²) in [5.74, 6) is -0.557. The van der Waals surface area contributed by atoms with E-state index < -0.39 is 28.8 Å². The highest BCUT2D eigenvalue weighted by Gasteiger charge is 2.43. The van der Waals surface area contributed by atoms with Gasteiger partial charge < -0.3 is 5.32 Å². The van der Waals surface area contributed by atoms with Gasteiger partial charge in [-0.2, -0.15) is 18.3 Å². The number of carbonyl (C=O) groups is 1. The third-order valence-electron chi connectivity index (χ3n) is 5.13. The van der Waals surface area contributed by atoms with E-state index in [0.717, 1.165) is 28.7 Å². The number of alkyl halides is 3. The lowest BCUT2D eigenvalue weighted by molar-refractivity contribution is -0.141. The molecule has 1 aliphatic rings. The van der Waals surface area contributed by atoms with Crippen LogP contribution >= 0.6 is 11.6 Å². The maximum Gasteiger partial charge on any atom is 0.436 e. The lowest BCUT2D eigenvalue weighted by Gasteiger charge is -2.16. The van der Waals surface area contributed by atoms with E-state index in [4.69, 9.17) is 11.6 Å². The first kappa shape index (κ1) is 20.5. The molecular formula is C22H19ClF3N3O. The van der Waals surface area contributed by atoms with Crippen LogP contribution in [0.5, 0.6) is 0 Å². The van der Waals surface area contributed by atoms with Crippen LogP contribution in [0.3, 0.4) is 0 Å². The molecule has 0 saturated heterocycles. The zero-order valence-corrected chi connectivity index (χ0v) is 16.8. The van der Waals surface area contributed by atoms with Crippen molar-refractivity contribution >= 4 is 23.2 Å². The van der Waals surface area contributed by atoms with E-state index in [1.54, 1.807) is 12.1 Å². The fraction of sp³-hybridized carbons (Fsp3) is 0.273. The van der Waals surface area contributed by atoms with E-state index in [-0.39, 0.29) is 11.6 Å². The number of benzene rings is 2. The predicted molar refractivity (Wildman–Crippen MR) is 109 cm³/mol. The summed E-state index contributed by atoms with van der Waals surface area (Å²) in [5.41, 5.74) is 1.73. The van der Waals surface area contributed by atoms with Crippen molar-refractivity contribution in [3.63, 3.8) is 0 Å². The van der Waals surface area contributed by atoms with Crippen LogP contribution in [0.2, 0.25) is 5.02 Å². The van der Waals surface area contributed by atoms with E-state index >= 15 is 0 Å². The molecular weight excluding hydrogens is 415 g/mol. The van der Waals surface area contributed by atoms with Crippen LogP contribution in [0.15, 0.2) is 54.6 Å². The van der Waals surface area contributed by atoms with Crippen molar-refractivity contribution in [2.45, 2.75) is 37.9 Å². The molecule has 0 aliphatic heterocycles. The summed E-state index contributed by atoms with van der Waals surface area (Å²) >= 11 is 6.00. The second kappa shape index (κ2) is 7.80. The first-order chi connectivity index (χ1) is 14.3. The molecule has 1 heterocycles. The highest BCUT2D eigenvalue weighted by atomic mass is 35.5. The van der Waals surface area contributed by atoms with Crippen molar-refractivity contribution in [3.8, 4) is 11.1 Å². The first-order valence-electron chi connectivity index (χ1n) is 9.57. The van der Waals surface area contributed by atoms with Crippen LogP contribution in [0.25, 0.3) is 11.1 Å². The summed E-state index contributed by atoms with van der Waals surface area (Å²) in [7, 11) is 0. The molecule has 4 rings (SSSR count). The molecule has 1 amide bonds. The number of aromatic nitrogens is 2. The molecule has 2 aromatic carbocycles. The summed E-state index contributed by atoms with van der Waals surface area (Å²) in [4.78, 5) is 12.7. The van der Waals surface area contributed by atoms with Gasteiger partial charge in [0.25, 0.3) is 0 Å². The Morgan fingerprint density at radius 2 is 1.70 bits per heavy atom. The molecule has 1 atom stereocenters. The number of nitrogens with zero attached hydrogens (tertiary/aromatic N) is 2. The number of anilines is 1. The molecule has 3 aromatic rings. The van der Waals surface area contributed by atoms with Gasteiger partial charge >= 0.3 is 6.18 Å². The maximum atomic E-state index is 13.3. The second-order valence-corrected chi connectivity index (χ2v) is 7.75. The number of nitrogens with one attached hydrogen (secondary N) is 1. The normalized spacial score (nSPS) is 15.1. The fourth-order valence-corrected chi connectivity index (χ4v) is 3.75. The summed E-state index contributed by atoms with van der Waals surface area (Å²) in [5, 5.41) is 6.00. The Kier molecular flexibility index (Phi) is 5.32. The Morgan fingerprint density at radius 1 is 1.10 bits per heavy atom. The van der Waals surface area contributed by atoms with Crippen molar-refractivity contribution in [2.24, 2.45) is 0 Å². The highest BCUT2D eigenvalue weighted by molar-refractivity contribution is 6.32. The fourth-order valence-electron chi connectivity index (χ4n) is 3.36. The molecule has 1 aromatic heterocycles. The smallest absolute Gasteiger partial charge is 0.324 e. The summed E-state index contributed by atoms with van der Waals surface area (Å²) < 4.78 is 40.9. The molecule has 1 fully saturated rings. The van der Waals surface area contributed by atoms with Crippen LogP contribution in [0.1, 0.15) is 43.1 Å². The molecule has 8 heteroatoms. The zero-order chi connectivity index (χ0) is 21.5. The van der Waals surface area contributed by atoms with Gasteiger partial charge in [0.2, 0.25) is 5.91 Å². The van der Waals surface area contributed by atoms with Gasteiger partial charge in [-0.05, 0) is 43.0 Å². The molecule has 0 radical (unpaired) electrons. The summed E-state index contributed by atoms with van der Waals surface area (Å²) in [6, 6.07) is 16.1. The Hall–Kier alpha value is -2.80. The van der Waals surface area contributed by atoms with Gasteiger partial charge in [0, 0.05) is 11.6 Å². The summed E-state index contributed by atoms with van der Waals surface area (Å²) in [6.07, 6.45) is -3.20. The minimum Gasteiger partial charge on any atom is -0.324 e. The number of hydrogen-bond acceptors (Lipinski definition) is 2. The van der Waals surface area contributed by atoms with Crippen LogP contribution in [0, 0.1) is 0 Å². The van der Waals surface area contributed by atoms with E-state index in [9.17, 15) is 18.0 Å². The molecule has 4 nitrogen and oxygen atoms in total. The monoisotopic (exact) mass is 433 g/mol. The van der Waals surface area contributed by atoms with Gasteiger partial charge in [0.15, 0.2) is 5.69 Å². The average Bonchev–Trinajstić information content (AvgIpc) is 3.49. The van der Waals surface area contributed by atoms with Crippen molar-refractivity contribution in [3.05, 3.63) is 71.0 Å². The third-order valence-corrected chi connectivity index (χ3v) is 5.50. The van der Waals surface area contributed by atoms with Crippen molar-refractivity contribution in [1.82, 2.24) is 9.78 Å². The Morgan fingerprint density at radius 3 is 2.27 bits per heavy atom. The minimum atomic E-state index is -4.67. The Balaban J connectivity index is 1.54. The van der Waals surface area contributed by atoms with Gasteiger partial charge in [-0.25, -0.2) is 0 Å². The van der Waals surface area contributed by atoms with E-state index in [1.807, 2.05) is 42.5 Å². The van der Waals surface area contributed by atoms with E-state index in [1.165, 1.54) is 6.92 Å². The van der Waals surface area contributed by atoms with Crippen molar-refractivity contribution < 1.29 is 18.0 Å². The lowest BCUT2D eigenvalue weighted by Crippen LogP contribution is -2.26. The van der Waals surface area contributed by atoms with Crippen molar-refractivity contribution in [2.75, 3.05) is 5.32 Å². The average molecular weight is 434 g/mol. The minimum absolute atomic E-state index is 0.0958. The van der Waals surface area contributed by atoms with Crippen LogP contribution in [-0.2, 0) is 11.0 Å². The number of carbonyl (C=O) groups excluding carboxylic acids is 1. The van der Waals surface area contributed by atoms with Gasteiger partial charge in [-0.1, -0.05) is 54.1 Å². The quantitative estimate of drug-likeness (QED) is 0.513. The maximum absolute atomic E-state index is 13.3. The molecule has 1 aliphatic carbocycles. The number of halogens is 4. The van der Waals surface area contributed by atoms with Gasteiger partial charge in [0.1, 0.15) is 6.04 Å². The molecule has 0 spiro atoms. The molecule has 1 unspecified atom stereocenters. The Bertz CT molecular complexity index is 1060. The molecule has 30 heavy (non-hydrogen) atoms. The number of rotatable bonds is 5. The second-order valence-electron chi connectivity index (χ2n) is 7.37. The van der Waals surface area contributed by atoms with E-state index in [2.05, 4.69) is 10.4 Å². The van der Waals surface area contributed by atoms with Gasteiger partial charge in [0.05, 0.1) is 10.7 Å². The standard InChI is InChI=1S/C22H19ClF3N3O/c1-13(29-19(16-7-8-16)18(23)20(28-29)22(24,25)26)21(30)27-17-11-9-15(10-12-17)14-5-3-2-4-6-14/h2-6,9-13,16H,7-8H2,1H3,(H,27,30).